The van der Waals surface area contributed by atoms with Crippen LogP contribution < -0.4 is 0 Å². The van der Waals surface area contributed by atoms with Gasteiger partial charge >= 0.3 is 0 Å². The predicted octanol–water partition coefficient (Wildman–Crippen LogP) is 3.93. The standard InChI is InChI=1S/C16H15NO2/c1-16(2,3)12-4-6-14(11(8-12)9-17)15-7-5-13(10-18)19-15/h4-8,10H,1-3H3. The third kappa shape index (κ3) is 2.58. The molecule has 0 aliphatic rings. The summed E-state index contributed by atoms with van der Waals surface area (Å²) in [6.07, 6.45) is 0.652. The van der Waals surface area contributed by atoms with Gasteiger partial charge in [0.2, 0.25) is 0 Å². The van der Waals surface area contributed by atoms with Gasteiger partial charge in [0.1, 0.15) is 5.76 Å². The SMILES string of the molecule is CC(C)(C)c1ccc(-c2ccc(C=O)o2)c(C#N)c1. The largest absolute Gasteiger partial charge is 0.453 e. The van der Waals surface area contributed by atoms with Gasteiger partial charge in [-0.2, -0.15) is 5.26 Å². The Morgan fingerprint density at radius 3 is 2.47 bits per heavy atom. The Morgan fingerprint density at radius 1 is 1.21 bits per heavy atom. The minimum atomic E-state index is -0.0126. The van der Waals surface area contributed by atoms with Gasteiger partial charge < -0.3 is 4.42 Å². The van der Waals surface area contributed by atoms with Gasteiger partial charge in [-0.15, -0.1) is 0 Å². The van der Waals surface area contributed by atoms with Crippen molar-refractivity contribution < 1.29 is 9.21 Å². The summed E-state index contributed by atoms with van der Waals surface area (Å²) >= 11 is 0. The van der Waals surface area contributed by atoms with Crippen molar-refractivity contribution in [3.63, 3.8) is 0 Å². The molecule has 19 heavy (non-hydrogen) atoms. The Hall–Kier alpha value is -2.34. The van der Waals surface area contributed by atoms with Crippen molar-refractivity contribution >= 4 is 6.29 Å². The molecule has 1 aromatic carbocycles. The first-order chi connectivity index (χ1) is 8.95. The van der Waals surface area contributed by atoms with E-state index in [1.807, 2.05) is 18.2 Å². The van der Waals surface area contributed by atoms with E-state index in [2.05, 4.69) is 26.8 Å². The molecule has 3 heteroatoms. The third-order valence-corrected chi connectivity index (χ3v) is 3.01. The fourth-order valence-corrected chi connectivity index (χ4v) is 1.88. The van der Waals surface area contributed by atoms with E-state index in [0.29, 0.717) is 23.2 Å². The molecule has 0 saturated heterocycles. The topological polar surface area (TPSA) is 54.0 Å². The van der Waals surface area contributed by atoms with Crippen molar-refractivity contribution in [1.29, 1.82) is 5.26 Å². The molecule has 0 N–H and O–H groups in total. The maximum Gasteiger partial charge on any atom is 0.185 e. The number of furan rings is 1. The van der Waals surface area contributed by atoms with E-state index < -0.39 is 0 Å². The van der Waals surface area contributed by atoms with E-state index in [9.17, 15) is 10.1 Å². The zero-order valence-corrected chi connectivity index (χ0v) is 11.2. The second-order valence-electron chi connectivity index (χ2n) is 5.44. The van der Waals surface area contributed by atoms with Crippen LogP contribution in [0.15, 0.2) is 34.7 Å². The maximum absolute atomic E-state index is 10.6. The molecule has 0 saturated carbocycles. The van der Waals surface area contributed by atoms with Crippen LogP contribution in [0.4, 0.5) is 0 Å². The number of rotatable bonds is 2. The predicted molar refractivity (Wildman–Crippen MR) is 72.9 cm³/mol. The van der Waals surface area contributed by atoms with Crippen LogP contribution in [-0.4, -0.2) is 6.29 Å². The lowest BCUT2D eigenvalue weighted by atomic mass is 9.85. The summed E-state index contributed by atoms with van der Waals surface area (Å²) in [6, 6.07) is 11.2. The molecule has 0 atom stereocenters. The van der Waals surface area contributed by atoms with Gasteiger partial charge in [0, 0.05) is 5.56 Å². The molecule has 2 rings (SSSR count). The zero-order valence-electron chi connectivity index (χ0n) is 11.2. The third-order valence-electron chi connectivity index (χ3n) is 3.01. The normalized spacial score (nSPS) is 11.1. The molecule has 96 valence electrons. The molecular weight excluding hydrogens is 238 g/mol. The van der Waals surface area contributed by atoms with Gasteiger partial charge in [-0.05, 0) is 35.2 Å². The molecule has 3 nitrogen and oxygen atoms in total. The second kappa shape index (κ2) is 4.74. The number of nitrogens with zero attached hydrogens (tertiary/aromatic N) is 1. The summed E-state index contributed by atoms with van der Waals surface area (Å²) in [6.45, 7) is 6.29. The number of carbonyl (C=O) groups is 1. The summed E-state index contributed by atoms with van der Waals surface area (Å²) in [7, 11) is 0. The highest BCUT2D eigenvalue weighted by atomic mass is 16.3. The number of aldehydes is 1. The number of benzene rings is 1. The number of nitriles is 1. The van der Waals surface area contributed by atoms with Crippen molar-refractivity contribution in [3.05, 3.63) is 47.2 Å². The van der Waals surface area contributed by atoms with Crippen LogP contribution in [0.1, 0.15) is 42.5 Å². The first-order valence-corrected chi connectivity index (χ1v) is 6.05. The zero-order chi connectivity index (χ0) is 14.0. The average Bonchev–Trinajstić information content (AvgIpc) is 2.85. The molecule has 0 aliphatic carbocycles. The van der Waals surface area contributed by atoms with Gasteiger partial charge in [-0.1, -0.05) is 26.8 Å². The number of hydrogen-bond donors (Lipinski definition) is 0. The summed E-state index contributed by atoms with van der Waals surface area (Å²) < 4.78 is 5.37. The van der Waals surface area contributed by atoms with Gasteiger partial charge in [0.25, 0.3) is 0 Å². The highest BCUT2D eigenvalue weighted by Gasteiger charge is 2.17. The van der Waals surface area contributed by atoms with E-state index in [-0.39, 0.29) is 11.2 Å². The fraction of sp³-hybridized carbons (Fsp3) is 0.250. The van der Waals surface area contributed by atoms with Crippen LogP contribution >= 0.6 is 0 Å². The molecule has 0 bridgehead atoms. The van der Waals surface area contributed by atoms with E-state index in [1.165, 1.54) is 0 Å². The molecule has 0 amide bonds. The lowest BCUT2D eigenvalue weighted by molar-refractivity contribution is 0.110. The highest BCUT2D eigenvalue weighted by Crippen LogP contribution is 2.30. The maximum atomic E-state index is 10.6. The number of hydrogen-bond acceptors (Lipinski definition) is 3. The molecule has 0 radical (unpaired) electrons. The molecule has 1 aromatic heterocycles. The van der Waals surface area contributed by atoms with Gasteiger partial charge in [-0.25, -0.2) is 0 Å². The Bertz CT molecular complexity index is 654. The molecule has 0 fully saturated rings. The van der Waals surface area contributed by atoms with Crippen LogP contribution in [0.5, 0.6) is 0 Å². The average molecular weight is 253 g/mol. The Kier molecular flexibility index (Phi) is 3.26. The van der Waals surface area contributed by atoms with Crippen molar-refractivity contribution in [1.82, 2.24) is 0 Å². The van der Waals surface area contributed by atoms with Crippen LogP contribution in [0.3, 0.4) is 0 Å². The van der Waals surface area contributed by atoms with Crippen molar-refractivity contribution in [2.75, 3.05) is 0 Å². The molecule has 0 spiro atoms. The second-order valence-corrected chi connectivity index (χ2v) is 5.44. The van der Waals surface area contributed by atoms with Crippen molar-refractivity contribution in [2.24, 2.45) is 0 Å². The summed E-state index contributed by atoms with van der Waals surface area (Å²) in [5, 5.41) is 9.27. The monoisotopic (exact) mass is 253 g/mol. The lowest BCUT2D eigenvalue weighted by Gasteiger charge is -2.19. The fourth-order valence-electron chi connectivity index (χ4n) is 1.88. The molecule has 1 heterocycles. The van der Waals surface area contributed by atoms with Crippen LogP contribution in [-0.2, 0) is 5.41 Å². The van der Waals surface area contributed by atoms with E-state index in [4.69, 9.17) is 4.42 Å². The molecule has 2 aromatic rings. The van der Waals surface area contributed by atoms with Crippen LogP contribution in [0, 0.1) is 11.3 Å². The van der Waals surface area contributed by atoms with Crippen LogP contribution in [0.2, 0.25) is 0 Å². The Labute approximate surface area is 112 Å². The first-order valence-electron chi connectivity index (χ1n) is 6.05. The summed E-state index contributed by atoms with van der Waals surface area (Å²) in [5.41, 5.74) is 2.35. The molecular formula is C16H15NO2. The van der Waals surface area contributed by atoms with Crippen LogP contribution in [0.25, 0.3) is 11.3 Å². The van der Waals surface area contributed by atoms with Gasteiger partial charge in [0.05, 0.1) is 11.6 Å². The van der Waals surface area contributed by atoms with Crippen molar-refractivity contribution in [2.45, 2.75) is 26.2 Å². The van der Waals surface area contributed by atoms with Crippen molar-refractivity contribution in [3.8, 4) is 17.4 Å². The molecule has 0 unspecified atom stereocenters. The minimum Gasteiger partial charge on any atom is -0.453 e. The summed E-state index contributed by atoms with van der Waals surface area (Å²) in [4.78, 5) is 10.6. The Morgan fingerprint density at radius 2 is 1.95 bits per heavy atom. The van der Waals surface area contributed by atoms with Gasteiger partial charge in [-0.3, -0.25) is 4.79 Å². The van der Waals surface area contributed by atoms with E-state index in [0.717, 1.165) is 5.56 Å². The minimum absolute atomic E-state index is 0.0126. The smallest absolute Gasteiger partial charge is 0.185 e. The number of carbonyl (C=O) groups excluding carboxylic acids is 1. The van der Waals surface area contributed by atoms with E-state index in [1.54, 1.807) is 12.1 Å². The summed E-state index contributed by atoms with van der Waals surface area (Å²) in [5.74, 6) is 0.804. The lowest BCUT2D eigenvalue weighted by Crippen LogP contribution is -2.11. The van der Waals surface area contributed by atoms with E-state index >= 15 is 0 Å². The first kappa shape index (κ1) is 13.1. The molecule has 0 aliphatic heterocycles. The highest BCUT2D eigenvalue weighted by molar-refractivity contribution is 5.74. The van der Waals surface area contributed by atoms with Gasteiger partial charge in [0.15, 0.2) is 12.0 Å². The quantitative estimate of drug-likeness (QED) is 0.762. The Balaban J connectivity index is 2.53.